The molecule has 0 saturated heterocycles. The average Bonchev–Trinajstić information content (AvgIpc) is 2.19. The minimum absolute atomic E-state index is 0.0766. The Bertz CT molecular complexity index is 457. The van der Waals surface area contributed by atoms with Gasteiger partial charge in [-0.1, -0.05) is 32.4 Å². The molecule has 1 amide bonds. The molecule has 1 rings (SSSR count). The summed E-state index contributed by atoms with van der Waals surface area (Å²) in [5.41, 5.74) is 6.40. The number of nitrogens with one attached hydrogen (secondary N) is 1. The second kappa shape index (κ2) is 6.35. The van der Waals surface area contributed by atoms with E-state index >= 15 is 0 Å². The van der Waals surface area contributed by atoms with Crippen LogP contribution < -0.4 is 11.1 Å². The monoisotopic (exact) mass is 286 g/mol. The number of carbonyl (C=O) groups excluding carboxylic acids is 1. The van der Waals surface area contributed by atoms with Gasteiger partial charge in [0.15, 0.2) is 0 Å². The van der Waals surface area contributed by atoms with Crippen molar-refractivity contribution in [2.75, 3.05) is 5.32 Å². The Kier molecular flexibility index (Phi) is 5.32. The Morgan fingerprint density at radius 3 is 2.63 bits per heavy atom. The summed E-state index contributed by atoms with van der Waals surface area (Å²) in [6.07, 6.45) is 0.961. The number of anilines is 1. The standard InChI is InChI=1S/C14H20ClFN2O/c1-14(2,3)8-10(17)7-13(19)18-12-5-4-9(16)6-11(12)15/h4-6,10H,7-8,17H2,1-3H3,(H,18,19). The van der Waals surface area contributed by atoms with Gasteiger partial charge in [0.25, 0.3) is 0 Å². The van der Waals surface area contributed by atoms with Gasteiger partial charge >= 0.3 is 0 Å². The van der Waals surface area contributed by atoms with E-state index in [4.69, 9.17) is 17.3 Å². The average molecular weight is 287 g/mol. The summed E-state index contributed by atoms with van der Waals surface area (Å²) in [7, 11) is 0. The molecule has 0 aliphatic carbocycles. The summed E-state index contributed by atoms with van der Waals surface area (Å²) in [6.45, 7) is 6.21. The molecule has 1 atom stereocenters. The van der Waals surface area contributed by atoms with Gasteiger partial charge in [-0.25, -0.2) is 4.39 Å². The molecule has 106 valence electrons. The highest BCUT2D eigenvalue weighted by atomic mass is 35.5. The summed E-state index contributed by atoms with van der Waals surface area (Å²) in [4.78, 5) is 11.8. The third-order valence-electron chi connectivity index (χ3n) is 2.53. The van der Waals surface area contributed by atoms with Gasteiger partial charge in [-0.3, -0.25) is 4.79 Å². The first-order chi connectivity index (χ1) is 8.67. The van der Waals surface area contributed by atoms with Crippen LogP contribution in [0.5, 0.6) is 0 Å². The molecule has 0 aliphatic heterocycles. The zero-order chi connectivity index (χ0) is 14.6. The van der Waals surface area contributed by atoms with Gasteiger partial charge < -0.3 is 11.1 Å². The SMILES string of the molecule is CC(C)(C)CC(N)CC(=O)Nc1ccc(F)cc1Cl. The summed E-state index contributed by atoms with van der Waals surface area (Å²) in [5, 5.41) is 2.82. The van der Waals surface area contributed by atoms with E-state index in [9.17, 15) is 9.18 Å². The number of halogens is 2. The zero-order valence-electron chi connectivity index (χ0n) is 11.5. The summed E-state index contributed by atoms with van der Waals surface area (Å²) < 4.78 is 12.9. The van der Waals surface area contributed by atoms with E-state index in [1.807, 2.05) is 0 Å². The van der Waals surface area contributed by atoms with Gasteiger partial charge in [0.2, 0.25) is 5.91 Å². The highest BCUT2D eigenvalue weighted by molar-refractivity contribution is 6.33. The molecule has 1 aromatic rings. The van der Waals surface area contributed by atoms with Crippen LogP contribution in [0.15, 0.2) is 18.2 Å². The normalized spacial score (nSPS) is 13.2. The number of hydrogen-bond donors (Lipinski definition) is 2. The molecule has 1 unspecified atom stereocenters. The van der Waals surface area contributed by atoms with Crippen LogP contribution >= 0.6 is 11.6 Å². The molecular formula is C14H20ClFN2O. The number of hydrogen-bond acceptors (Lipinski definition) is 2. The van der Waals surface area contributed by atoms with Crippen LogP contribution in [0.2, 0.25) is 5.02 Å². The second-order valence-electron chi connectivity index (χ2n) is 5.90. The van der Waals surface area contributed by atoms with Crippen LogP contribution in [0.3, 0.4) is 0 Å². The first kappa shape index (κ1) is 15.9. The fraction of sp³-hybridized carbons (Fsp3) is 0.500. The molecule has 19 heavy (non-hydrogen) atoms. The molecule has 1 aromatic carbocycles. The van der Waals surface area contributed by atoms with Crippen molar-refractivity contribution < 1.29 is 9.18 Å². The summed E-state index contributed by atoms with van der Waals surface area (Å²) in [6, 6.07) is 3.63. The van der Waals surface area contributed by atoms with E-state index < -0.39 is 5.82 Å². The molecule has 0 aliphatic rings. The number of amides is 1. The van der Waals surface area contributed by atoms with E-state index in [0.717, 1.165) is 12.5 Å². The van der Waals surface area contributed by atoms with Gasteiger partial charge in [-0.15, -0.1) is 0 Å². The fourth-order valence-corrected chi connectivity index (χ4v) is 2.10. The van der Waals surface area contributed by atoms with Crippen LogP contribution in [0.25, 0.3) is 0 Å². The maximum Gasteiger partial charge on any atom is 0.225 e. The molecule has 3 nitrogen and oxygen atoms in total. The lowest BCUT2D eigenvalue weighted by Gasteiger charge is -2.22. The molecule has 0 aromatic heterocycles. The molecule has 5 heteroatoms. The highest BCUT2D eigenvalue weighted by Crippen LogP contribution is 2.24. The quantitative estimate of drug-likeness (QED) is 0.889. The topological polar surface area (TPSA) is 55.1 Å². The van der Waals surface area contributed by atoms with Crippen molar-refractivity contribution >= 4 is 23.2 Å². The van der Waals surface area contributed by atoms with Gasteiger partial charge in [-0.2, -0.15) is 0 Å². The van der Waals surface area contributed by atoms with Crippen LogP contribution in [0, 0.1) is 11.2 Å². The van der Waals surface area contributed by atoms with E-state index in [2.05, 4.69) is 26.1 Å². The van der Waals surface area contributed by atoms with Crippen molar-refractivity contribution in [1.29, 1.82) is 0 Å². The molecule has 0 radical (unpaired) electrons. The van der Waals surface area contributed by atoms with Crippen LogP contribution in [0.4, 0.5) is 10.1 Å². The van der Waals surface area contributed by atoms with E-state index in [1.54, 1.807) is 0 Å². The number of benzene rings is 1. The number of nitrogens with two attached hydrogens (primary N) is 1. The summed E-state index contributed by atoms with van der Waals surface area (Å²) >= 11 is 5.83. The Labute approximate surface area is 118 Å². The largest absolute Gasteiger partial charge is 0.327 e. The maximum absolute atomic E-state index is 12.9. The third kappa shape index (κ3) is 6.03. The molecule has 0 fully saturated rings. The van der Waals surface area contributed by atoms with E-state index in [-0.39, 0.29) is 28.8 Å². The lowest BCUT2D eigenvalue weighted by Crippen LogP contribution is -2.31. The van der Waals surface area contributed by atoms with Crippen LogP contribution in [-0.2, 0) is 4.79 Å². The fourth-order valence-electron chi connectivity index (χ4n) is 1.89. The minimum atomic E-state index is -0.438. The lowest BCUT2D eigenvalue weighted by atomic mass is 9.87. The van der Waals surface area contributed by atoms with E-state index in [0.29, 0.717) is 5.69 Å². The van der Waals surface area contributed by atoms with Crippen molar-refractivity contribution in [2.24, 2.45) is 11.1 Å². The van der Waals surface area contributed by atoms with Crippen LogP contribution in [-0.4, -0.2) is 11.9 Å². The number of rotatable bonds is 4. The Hall–Kier alpha value is -1.13. The molecule has 0 heterocycles. The molecule has 0 saturated carbocycles. The van der Waals surface area contributed by atoms with Crippen molar-refractivity contribution in [3.05, 3.63) is 29.0 Å². The van der Waals surface area contributed by atoms with Gasteiger partial charge in [0.1, 0.15) is 5.82 Å². The Balaban J connectivity index is 2.56. The summed E-state index contributed by atoms with van der Waals surface area (Å²) in [5.74, 6) is -0.655. The van der Waals surface area contributed by atoms with Crippen molar-refractivity contribution in [1.82, 2.24) is 0 Å². The van der Waals surface area contributed by atoms with Crippen LogP contribution in [0.1, 0.15) is 33.6 Å². The lowest BCUT2D eigenvalue weighted by molar-refractivity contribution is -0.116. The predicted molar refractivity (Wildman–Crippen MR) is 76.7 cm³/mol. The van der Waals surface area contributed by atoms with Gasteiger partial charge in [0.05, 0.1) is 10.7 Å². The Morgan fingerprint density at radius 1 is 1.47 bits per heavy atom. The minimum Gasteiger partial charge on any atom is -0.327 e. The van der Waals surface area contributed by atoms with E-state index in [1.165, 1.54) is 12.1 Å². The zero-order valence-corrected chi connectivity index (χ0v) is 12.2. The van der Waals surface area contributed by atoms with Crippen molar-refractivity contribution in [3.63, 3.8) is 0 Å². The number of carbonyl (C=O) groups is 1. The molecule has 0 spiro atoms. The molecule has 3 N–H and O–H groups in total. The van der Waals surface area contributed by atoms with Gasteiger partial charge in [0, 0.05) is 12.5 Å². The van der Waals surface area contributed by atoms with Crippen molar-refractivity contribution in [2.45, 2.75) is 39.7 Å². The highest BCUT2D eigenvalue weighted by Gasteiger charge is 2.18. The first-order valence-corrected chi connectivity index (χ1v) is 6.56. The third-order valence-corrected chi connectivity index (χ3v) is 2.84. The molecule has 0 bridgehead atoms. The van der Waals surface area contributed by atoms with Gasteiger partial charge in [-0.05, 0) is 30.0 Å². The first-order valence-electron chi connectivity index (χ1n) is 6.18. The van der Waals surface area contributed by atoms with Crippen molar-refractivity contribution in [3.8, 4) is 0 Å². The predicted octanol–water partition coefficient (Wildman–Crippen LogP) is 3.57. The molecular weight excluding hydrogens is 267 g/mol. The maximum atomic E-state index is 12.9. The smallest absolute Gasteiger partial charge is 0.225 e. The second-order valence-corrected chi connectivity index (χ2v) is 6.31. The Morgan fingerprint density at radius 2 is 2.11 bits per heavy atom.